The Morgan fingerprint density at radius 1 is 1.57 bits per heavy atom. The van der Waals surface area contributed by atoms with Crippen LogP contribution in [-0.4, -0.2) is 30.1 Å². The fourth-order valence-corrected chi connectivity index (χ4v) is 1.50. The highest BCUT2D eigenvalue weighted by Gasteiger charge is 2.39. The lowest BCUT2D eigenvalue weighted by Gasteiger charge is -2.11. The minimum absolute atomic E-state index is 0.0744. The van der Waals surface area contributed by atoms with Gasteiger partial charge >= 0.3 is 6.18 Å². The SMILES string of the molecule is CCN1CC/C(=C(/Cl)C(F)(F)F)C1=O. The summed E-state index contributed by atoms with van der Waals surface area (Å²) in [5.74, 6) is -0.602. The van der Waals surface area contributed by atoms with Gasteiger partial charge in [0.1, 0.15) is 5.03 Å². The van der Waals surface area contributed by atoms with Gasteiger partial charge in [0.05, 0.1) is 0 Å². The zero-order chi connectivity index (χ0) is 10.9. The zero-order valence-corrected chi connectivity index (χ0v) is 8.24. The number of carbonyl (C=O) groups excluding carboxylic acids is 1. The lowest BCUT2D eigenvalue weighted by atomic mass is 10.2. The molecule has 0 unspecified atom stereocenters. The highest BCUT2D eigenvalue weighted by Crippen LogP contribution is 2.35. The Labute approximate surface area is 84.3 Å². The van der Waals surface area contributed by atoms with Gasteiger partial charge in [-0.3, -0.25) is 4.79 Å². The number of allylic oxidation sites excluding steroid dienone is 1. The molecule has 1 amide bonds. The van der Waals surface area contributed by atoms with Crippen molar-refractivity contribution in [2.75, 3.05) is 13.1 Å². The molecule has 0 aromatic rings. The van der Waals surface area contributed by atoms with Gasteiger partial charge in [-0.25, -0.2) is 0 Å². The van der Waals surface area contributed by atoms with E-state index in [1.807, 2.05) is 0 Å². The maximum Gasteiger partial charge on any atom is 0.427 e. The van der Waals surface area contributed by atoms with E-state index in [9.17, 15) is 18.0 Å². The van der Waals surface area contributed by atoms with Gasteiger partial charge in [-0.15, -0.1) is 0 Å². The Morgan fingerprint density at radius 2 is 2.14 bits per heavy atom. The molecule has 0 aromatic heterocycles. The van der Waals surface area contributed by atoms with Gasteiger partial charge in [0.15, 0.2) is 0 Å². The summed E-state index contributed by atoms with van der Waals surface area (Å²) in [6, 6.07) is 0. The lowest BCUT2D eigenvalue weighted by Crippen LogP contribution is -2.25. The molecule has 0 bridgehead atoms. The Morgan fingerprint density at radius 3 is 2.50 bits per heavy atom. The van der Waals surface area contributed by atoms with E-state index < -0.39 is 17.1 Å². The normalized spacial score (nSPS) is 21.8. The van der Waals surface area contributed by atoms with Gasteiger partial charge in [-0.05, 0) is 13.3 Å². The lowest BCUT2D eigenvalue weighted by molar-refractivity contribution is -0.125. The van der Waals surface area contributed by atoms with E-state index in [1.54, 1.807) is 6.92 Å². The number of hydrogen-bond acceptors (Lipinski definition) is 1. The topological polar surface area (TPSA) is 20.3 Å². The van der Waals surface area contributed by atoms with E-state index in [0.29, 0.717) is 13.1 Å². The minimum Gasteiger partial charge on any atom is -0.339 e. The first-order chi connectivity index (χ1) is 6.38. The Bertz CT molecular complexity index is 285. The molecule has 0 aliphatic carbocycles. The van der Waals surface area contributed by atoms with E-state index >= 15 is 0 Å². The Kier molecular flexibility index (Phi) is 3.09. The molecule has 1 heterocycles. The molecule has 0 aromatic carbocycles. The van der Waals surface area contributed by atoms with Crippen LogP contribution in [0.5, 0.6) is 0 Å². The quantitative estimate of drug-likeness (QED) is 0.630. The molecule has 0 saturated carbocycles. The molecular weight excluding hydrogens is 219 g/mol. The molecule has 2 nitrogen and oxygen atoms in total. The summed E-state index contributed by atoms with van der Waals surface area (Å²) in [4.78, 5) is 12.6. The molecule has 1 saturated heterocycles. The van der Waals surface area contributed by atoms with Crippen molar-refractivity contribution in [3.63, 3.8) is 0 Å². The summed E-state index contributed by atoms with van der Waals surface area (Å²) in [5.41, 5.74) is -0.319. The highest BCUT2D eigenvalue weighted by atomic mass is 35.5. The van der Waals surface area contributed by atoms with Gasteiger partial charge in [-0.1, -0.05) is 11.6 Å². The molecule has 1 aliphatic heterocycles. The molecule has 1 rings (SSSR count). The Balaban J connectivity index is 2.96. The predicted molar refractivity (Wildman–Crippen MR) is 45.8 cm³/mol. The van der Waals surface area contributed by atoms with Crippen LogP contribution >= 0.6 is 11.6 Å². The summed E-state index contributed by atoms with van der Waals surface area (Å²) >= 11 is 5.09. The molecule has 0 radical (unpaired) electrons. The molecule has 80 valence electrons. The van der Waals surface area contributed by atoms with Gasteiger partial charge in [0.25, 0.3) is 5.91 Å². The molecule has 1 aliphatic rings. The van der Waals surface area contributed by atoms with Gasteiger partial charge < -0.3 is 4.90 Å². The number of alkyl halides is 3. The van der Waals surface area contributed by atoms with Crippen molar-refractivity contribution in [2.24, 2.45) is 0 Å². The standard InChI is InChI=1S/C8H9ClF3NO/c1-2-13-4-3-5(7(13)14)6(9)8(10,11)12/h2-4H2,1H3/b6-5-. The summed E-state index contributed by atoms with van der Waals surface area (Å²) < 4.78 is 36.4. The fraction of sp³-hybridized carbons (Fsp3) is 0.625. The third kappa shape index (κ3) is 2.03. The van der Waals surface area contributed by atoms with E-state index in [0.717, 1.165) is 0 Å². The second-order valence-corrected chi connectivity index (χ2v) is 3.30. The number of carbonyl (C=O) groups is 1. The summed E-state index contributed by atoms with van der Waals surface area (Å²) in [7, 11) is 0. The molecule has 14 heavy (non-hydrogen) atoms. The second kappa shape index (κ2) is 3.81. The molecule has 0 N–H and O–H groups in total. The first-order valence-electron chi connectivity index (χ1n) is 4.13. The van der Waals surface area contributed by atoms with Crippen molar-refractivity contribution in [1.29, 1.82) is 0 Å². The number of hydrogen-bond donors (Lipinski definition) is 0. The number of rotatable bonds is 1. The predicted octanol–water partition coefficient (Wildman–Crippen LogP) is 2.29. The second-order valence-electron chi connectivity index (χ2n) is 2.93. The first-order valence-corrected chi connectivity index (χ1v) is 4.50. The number of halogens is 4. The average Bonchev–Trinajstić information content (AvgIpc) is 2.43. The smallest absolute Gasteiger partial charge is 0.339 e. The number of amides is 1. The van der Waals surface area contributed by atoms with Crippen LogP contribution in [-0.2, 0) is 4.79 Å². The third-order valence-electron chi connectivity index (χ3n) is 2.07. The first kappa shape index (κ1) is 11.4. The van der Waals surface area contributed by atoms with E-state index in [-0.39, 0.29) is 12.0 Å². The van der Waals surface area contributed by atoms with Gasteiger partial charge in [-0.2, -0.15) is 13.2 Å². The van der Waals surface area contributed by atoms with Crippen molar-refractivity contribution in [3.05, 3.63) is 10.6 Å². The summed E-state index contributed by atoms with van der Waals surface area (Å²) in [6.07, 6.45) is -4.54. The average molecular weight is 228 g/mol. The van der Waals surface area contributed by atoms with Crippen molar-refractivity contribution in [2.45, 2.75) is 19.5 Å². The van der Waals surface area contributed by atoms with Crippen LogP contribution in [0.15, 0.2) is 10.6 Å². The molecule has 1 fully saturated rings. The van der Waals surface area contributed by atoms with Crippen LogP contribution in [0, 0.1) is 0 Å². The third-order valence-corrected chi connectivity index (χ3v) is 2.52. The maximum atomic E-state index is 12.1. The van der Waals surface area contributed by atoms with Crippen LogP contribution < -0.4 is 0 Å². The highest BCUT2D eigenvalue weighted by molar-refractivity contribution is 6.32. The van der Waals surface area contributed by atoms with Crippen LogP contribution in [0.3, 0.4) is 0 Å². The molecule has 0 atom stereocenters. The largest absolute Gasteiger partial charge is 0.427 e. The van der Waals surface area contributed by atoms with Crippen molar-refractivity contribution >= 4 is 17.5 Å². The molecular formula is C8H9ClF3NO. The van der Waals surface area contributed by atoms with Crippen LogP contribution in [0.25, 0.3) is 0 Å². The Hall–Kier alpha value is -0.710. The zero-order valence-electron chi connectivity index (χ0n) is 7.49. The number of likely N-dealkylation sites (tertiary alicyclic amines) is 1. The van der Waals surface area contributed by atoms with Crippen molar-refractivity contribution in [1.82, 2.24) is 4.90 Å². The van der Waals surface area contributed by atoms with Gasteiger partial charge in [0.2, 0.25) is 0 Å². The van der Waals surface area contributed by atoms with Crippen molar-refractivity contribution in [3.8, 4) is 0 Å². The minimum atomic E-state index is -4.61. The number of likely N-dealkylation sites (N-methyl/N-ethyl adjacent to an activating group) is 1. The van der Waals surface area contributed by atoms with E-state index in [2.05, 4.69) is 0 Å². The van der Waals surface area contributed by atoms with Gasteiger partial charge in [0, 0.05) is 18.7 Å². The van der Waals surface area contributed by atoms with E-state index in [1.165, 1.54) is 4.90 Å². The molecule has 6 heteroatoms. The van der Waals surface area contributed by atoms with E-state index in [4.69, 9.17) is 11.6 Å². The van der Waals surface area contributed by atoms with Crippen LogP contribution in [0.1, 0.15) is 13.3 Å². The summed E-state index contributed by atoms with van der Waals surface area (Å²) in [5, 5.41) is -1.28. The summed E-state index contributed by atoms with van der Waals surface area (Å²) in [6.45, 7) is 2.43. The number of nitrogens with zero attached hydrogens (tertiary/aromatic N) is 1. The van der Waals surface area contributed by atoms with Crippen LogP contribution in [0.4, 0.5) is 13.2 Å². The maximum absolute atomic E-state index is 12.1. The van der Waals surface area contributed by atoms with Crippen LogP contribution in [0.2, 0.25) is 0 Å². The molecule has 0 spiro atoms. The monoisotopic (exact) mass is 227 g/mol. The fourth-order valence-electron chi connectivity index (χ4n) is 1.32. The van der Waals surface area contributed by atoms with Crippen molar-refractivity contribution < 1.29 is 18.0 Å².